The van der Waals surface area contributed by atoms with Gasteiger partial charge in [-0.1, -0.05) is 36.4 Å². The number of imide groups is 1. The number of rotatable bonds is 10. The summed E-state index contributed by atoms with van der Waals surface area (Å²) in [6.45, 7) is 6.00. The highest BCUT2D eigenvalue weighted by Gasteiger charge is 2.29. The Bertz CT molecular complexity index is 997. The summed E-state index contributed by atoms with van der Waals surface area (Å²) >= 11 is 0. The first-order valence-electron chi connectivity index (χ1n) is 10.4. The van der Waals surface area contributed by atoms with Crippen molar-refractivity contribution in [3.63, 3.8) is 0 Å². The molecule has 0 aliphatic heterocycles. The van der Waals surface area contributed by atoms with Crippen LogP contribution in [-0.2, 0) is 33.9 Å². The molecule has 0 bridgehead atoms. The fourth-order valence-electron chi connectivity index (χ4n) is 2.91. The molecule has 0 aromatic heterocycles. The lowest BCUT2D eigenvalue weighted by atomic mass is 10.1. The maximum absolute atomic E-state index is 11.7. The van der Waals surface area contributed by atoms with Crippen LogP contribution >= 0.6 is 0 Å². The quantitative estimate of drug-likeness (QED) is 0.447. The van der Waals surface area contributed by atoms with Gasteiger partial charge >= 0.3 is 18.2 Å². The second-order valence-electron chi connectivity index (χ2n) is 8.46. The summed E-state index contributed by atoms with van der Waals surface area (Å²) in [6.07, 6.45) is -2.30. The lowest BCUT2D eigenvalue weighted by molar-refractivity contribution is -0.145. The van der Waals surface area contributed by atoms with Crippen LogP contribution in [0.5, 0.6) is 5.75 Å². The van der Waals surface area contributed by atoms with Gasteiger partial charge in [-0.2, -0.15) is 0 Å². The highest BCUT2D eigenvalue weighted by molar-refractivity contribution is 5.87. The van der Waals surface area contributed by atoms with Crippen molar-refractivity contribution in [2.24, 2.45) is 0 Å². The van der Waals surface area contributed by atoms with Crippen LogP contribution in [0.15, 0.2) is 48.5 Å². The van der Waals surface area contributed by atoms with E-state index in [9.17, 15) is 24.3 Å². The third-order valence-corrected chi connectivity index (χ3v) is 4.57. The first-order chi connectivity index (χ1) is 16.0. The van der Waals surface area contributed by atoms with E-state index in [4.69, 9.17) is 14.6 Å². The van der Waals surface area contributed by atoms with Crippen LogP contribution in [0.1, 0.15) is 37.5 Å². The van der Waals surface area contributed by atoms with E-state index in [1.165, 1.54) is 0 Å². The van der Waals surface area contributed by atoms with E-state index < -0.39 is 29.8 Å². The van der Waals surface area contributed by atoms with Crippen LogP contribution in [0.2, 0.25) is 0 Å². The van der Waals surface area contributed by atoms with Crippen LogP contribution in [0.25, 0.3) is 0 Å². The van der Waals surface area contributed by atoms with E-state index in [0.717, 1.165) is 11.1 Å². The van der Waals surface area contributed by atoms with Crippen LogP contribution in [-0.4, -0.2) is 51.3 Å². The maximum Gasteiger partial charge on any atom is 0.414 e. The molecule has 3 amide bonds. The Hall–Kier alpha value is -4.08. The highest BCUT2D eigenvalue weighted by atomic mass is 16.6. The number of nitrogens with zero attached hydrogens (tertiary/aromatic N) is 1. The fourth-order valence-corrected chi connectivity index (χ4v) is 2.91. The zero-order valence-electron chi connectivity index (χ0n) is 19.2. The summed E-state index contributed by atoms with van der Waals surface area (Å²) < 4.78 is 10.9. The number of aliphatic carboxylic acids is 1. The van der Waals surface area contributed by atoms with Crippen LogP contribution in [0.3, 0.4) is 0 Å². The molecule has 3 N–H and O–H groups in total. The summed E-state index contributed by atoms with van der Waals surface area (Å²) in [4.78, 5) is 45.3. The Labute approximate surface area is 197 Å². The number of hydrogen-bond acceptors (Lipinski definition) is 6. The average molecular weight is 472 g/mol. The average Bonchev–Trinajstić information content (AvgIpc) is 2.76. The number of carboxylic acids is 1. The van der Waals surface area contributed by atoms with Crippen molar-refractivity contribution < 1.29 is 38.9 Å². The van der Waals surface area contributed by atoms with Crippen LogP contribution < -0.4 is 10.1 Å². The monoisotopic (exact) mass is 472 g/mol. The number of carbonyl (C=O) groups excluding carboxylic acids is 2. The molecule has 0 heterocycles. The molecule has 2 rings (SSSR count). The summed E-state index contributed by atoms with van der Waals surface area (Å²) in [5, 5.41) is 20.9. The molecule has 10 heteroatoms. The number of nitrogens with one attached hydrogen (secondary N) is 1. The van der Waals surface area contributed by atoms with E-state index in [0.29, 0.717) is 17.9 Å². The standard InChI is InChI=1S/C24H28N2O8/c1-24(2,3)34-22(30)25-13-17-4-6-18(7-5-17)14-33-19-10-8-16(9-11-19)12-20(21(28)29)26(15-27)23(31)32/h4-11,15,20H,12-14H2,1-3H3,(H,25,30)(H,28,29)(H,31,32)/t20-/m1/s1. The minimum Gasteiger partial charge on any atom is -0.489 e. The van der Waals surface area contributed by atoms with Crippen molar-refractivity contribution >= 4 is 24.6 Å². The molecule has 0 aliphatic rings. The molecule has 182 valence electrons. The number of carbonyl (C=O) groups is 4. The number of hydrogen-bond donors (Lipinski definition) is 3. The van der Waals surface area contributed by atoms with E-state index in [-0.39, 0.29) is 24.3 Å². The molecule has 1 atom stereocenters. The van der Waals surface area contributed by atoms with Gasteiger partial charge in [-0.3, -0.25) is 4.79 Å². The van der Waals surface area contributed by atoms with E-state index in [1.807, 2.05) is 24.3 Å². The molecule has 0 spiro atoms. The Morgan fingerprint density at radius 3 is 2.03 bits per heavy atom. The Morgan fingerprint density at radius 1 is 0.971 bits per heavy atom. The third kappa shape index (κ3) is 8.45. The molecule has 2 aromatic carbocycles. The molecule has 0 aliphatic carbocycles. The molecule has 10 nitrogen and oxygen atoms in total. The zero-order chi connectivity index (χ0) is 25.3. The second-order valence-corrected chi connectivity index (χ2v) is 8.46. The Kier molecular flexibility index (Phi) is 9.00. The van der Waals surface area contributed by atoms with Gasteiger partial charge < -0.3 is 25.0 Å². The summed E-state index contributed by atoms with van der Waals surface area (Å²) in [7, 11) is 0. The zero-order valence-corrected chi connectivity index (χ0v) is 19.2. The van der Waals surface area contributed by atoms with Crippen molar-refractivity contribution in [3.05, 3.63) is 65.2 Å². The van der Waals surface area contributed by atoms with E-state index in [2.05, 4.69) is 5.32 Å². The third-order valence-electron chi connectivity index (χ3n) is 4.57. The van der Waals surface area contributed by atoms with Crippen molar-refractivity contribution in [2.45, 2.75) is 52.0 Å². The Balaban J connectivity index is 1.88. The molecule has 0 saturated carbocycles. The highest BCUT2D eigenvalue weighted by Crippen LogP contribution is 2.17. The lowest BCUT2D eigenvalue weighted by Crippen LogP contribution is -2.44. The minimum absolute atomic E-state index is 0.0164. The maximum atomic E-state index is 11.7. The predicted octanol–water partition coefficient (Wildman–Crippen LogP) is 3.42. The van der Waals surface area contributed by atoms with Gasteiger partial charge in [0.2, 0.25) is 6.41 Å². The van der Waals surface area contributed by atoms with Crippen molar-refractivity contribution in [1.82, 2.24) is 10.2 Å². The lowest BCUT2D eigenvalue weighted by Gasteiger charge is -2.20. The van der Waals surface area contributed by atoms with Gasteiger partial charge in [0.15, 0.2) is 0 Å². The Morgan fingerprint density at radius 2 is 1.53 bits per heavy atom. The SMILES string of the molecule is CC(C)(C)OC(=O)NCc1ccc(COc2ccc(C[C@H](C(=O)O)N(C=O)C(=O)O)cc2)cc1. The molecule has 0 unspecified atom stereocenters. The number of alkyl carbamates (subject to hydrolysis) is 1. The largest absolute Gasteiger partial charge is 0.489 e. The molecule has 0 fully saturated rings. The van der Waals surface area contributed by atoms with Crippen LogP contribution in [0, 0.1) is 0 Å². The van der Waals surface area contributed by atoms with Crippen LogP contribution in [0.4, 0.5) is 9.59 Å². The topological polar surface area (TPSA) is 142 Å². The van der Waals surface area contributed by atoms with Gasteiger partial charge in [-0.15, -0.1) is 0 Å². The minimum atomic E-state index is -1.63. The molecule has 2 aromatic rings. The van der Waals surface area contributed by atoms with Crippen molar-refractivity contribution in [1.29, 1.82) is 0 Å². The van der Waals surface area contributed by atoms with E-state index >= 15 is 0 Å². The molecule has 0 radical (unpaired) electrons. The molecular formula is C24H28N2O8. The first-order valence-corrected chi connectivity index (χ1v) is 10.4. The summed E-state index contributed by atoms with van der Waals surface area (Å²) in [5.74, 6) is -0.878. The van der Waals surface area contributed by atoms with Gasteiger partial charge in [0.1, 0.15) is 24.0 Å². The number of benzene rings is 2. The number of amides is 3. The smallest absolute Gasteiger partial charge is 0.414 e. The van der Waals surface area contributed by atoms with Gasteiger partial charge in [0.05, 0.1) is 0 Å². The molecular weight excluding hydrogens is 444 g/mol. The first kappa shape index (κ1) is 26.2. The fraction of sp³-hybridized carbons (Fsp3) is 0.333. The normalized spacial score (nSPS) is 11.7. The molecule has 0 saturated heterocycles. The predicted molar refractivity (Wildman–Crippen MR) is 121 cm³/mol. The van der Waals surface area contributed by atoms with Gasteiger partial charge in [-0.05, 0) is 49.6 Å². The summed E-state index contributed by atoms with van der Waals surface area (Å²) in [5.41, 5.74) is 1.78. The number of carboxylic acid groups (broad SMARTS) is 2. The van der Waals surface area contributed by atoms with E-state index in [1.54, 1.807) is 45.0 Å². The number of ether oxygens (including phenoxy) is 2. The molecule has 34 heavy (non-hydrogen) atoms. The summed E-state index contributed by atoms with van der Waals surface area (Å²) in [6, 6.07) is 12.5. The van der Waals surface area contributed by atoms with Gasteiger partial charge in [0, 0.05) is 13.0 Å². The van der Waals surface area contributed by atoms with Crippen molar-refractivity contribution in [2.75, 3.05) is 0 Å². The van der Waals surface area contributed by atoms with Crippen molar-refractivity contribution in [3.8, 4) is 5.75 Å². The van der Waals surface area contributed by atoms with Gasteiger partial charge in [-0.25, -0.2) is 19.3 Å². The van der Waals surface area contributed by atoms with Gasteiger partial charge in [0.25, 0.3) is 0 Å². The second kappa shape index (κ2) is 11.7.